The molecule has 1 aromatic carbocycles. The Morgan fingerprint density at radius 3 is 2.41 bits per heavy atom. The van der Waals surface area contributed by atoms with Crippen LogP contribution in [0.25, 0.3) is 0 Å². The maximum Gasteiger partial charge on any atom is 0.119 e. The second kappa shape index (κ2) is 4.53. The fraction of sp³-hybridized carbons (Fsp3) is 0.467. The van der Waals surface area contributed by atoms with E-state index in [0.717, 1.165) is 11.3 Å². The minimum atomic E-state index is 0.227. The van der Waals surface area contributed by atoms with Crippen LogP contribution in [0.4, 0.5) is 0 Å². The van der Waals surface area contributed by atoms with Gasteiger partial charge in [0.2, 0.25) is 0 Å². The van der Waals surface area contributed by atoms with Crippen LogP contribution in [0.1, 0.15) is 32.3 Å². The van der Waals surface area contributed by atoms with Crippen LogP contribution in [0, 0.1) is 0 Å². The van der Waals surface area contributed by atoms with E-state index in [2.05, 4.69) is 25.6 Å². The summed E-state index contributed by atoms with van der Waals surface area (Å²) in [6, 6.07) is 8.57. The number of nitrogens with two attached hydrogens (primary N) is 1. The lowest BCUT2D eigenvalue weighted by Gasteiger charge is -2.20. The van der Waals surface area contributed by atoms with Crippen molar-refractivity contribution in [2.45, 2.75) is 38.1 Å². The molecule has 1 aliphatic rings. The van der Waals surface area contributed by atoms with Gasteiger partial charge in [-0.2, -0.15) is 0 Å². The lowest BCUT2D eigenvalue weighted by Crippen LogP contribution is -2.31. The van der Waals surface area contributed by atoms with Crippen molar-refractivity contribution in [2.75, 3.05) is 6.61 Å². The van der Waals surface area contributed by atoms with Gasteiger partial charge < -0.3 is 10.5 Å². The van der Waals surface area contributed by atoms with Crippen molar-refractivity contribution in [1.82, 2.24) is 0 Å². The third-order valence-corrected chi connectivity index (χ3v) is 3.57. The first-order chi connectivity index (χ1) is 8.04. The number of ether oxygens (including phenoxy) is 1. The molecule has 1 atom stereocenters. The Morgan fingerprint density at radius 2 is 2.00 bits per heavy atom. The molecule has 92 valence electrons. The van der Waals surface area contributed by atoms with Crippen LogP contribution in [0.5, 0.6) is 5.75 Å². The van der Waals surface area contributed by atoms with Crippen molar-refractivity contribution in [1.29, 1.82) is 0 Å². The zero-order valence-electron chi connectivity index (χ0n) is 10.7. The molecule has 2 rings (SSSR count). The van der Waals surface area contributed by atoms with Gasteiger partial charge in [-0.3, -0.25) is 0 Å². The van der Waals surface area contributed by atoms with Crippen molar-refractivity contribution < 1.29 is 4.74 Å². The summed E-state index contributed by atoms with van der Waals surface area (Å²) >= 11 is 0. The van der Waals surface area contributed by atoms with Crippen molar-refractivity contribution in [3.8, 4) is 5.75 Å². The molecule has 2 nitrogen and oxygen atoms in total. The summed E-state index contributed by atoms with van der Waals surface area (Å²) in [4.78, 5) is 0. The second-order valence-electron chi connectivity index (χ2n) is 5.21. The van der Waals surface area contributed by atoms with E-state index in [0.29, 0.717) is 6.61 Å². The topological polar surface area (TPSA) is 35.2 Å². The lowest BCUT2D eigenvalue weighted by molar-refractivity contribution is 0.352. The van der Waals surface area contributed by atoms with E-state index in [1.807, 2.05) is 19.1 Å². The molecule has 0 aromatic heterocycles. The first-order valence-corrected chi connectivity index (χ1v) is 6.18. The zero-order valence-corrected chi connectivity index (χ0v) is 10.7. The Hall–Kier alpha value is -1.28. The van der Waals surface area contributed by atoms with Gasteiger partial charge >= 0.3 is 0 Å². The molecule has 1 aliphatic carbocycles. The maximum atomic E-state index is 6.06. The van der Waals surface area contributed by atoms with Gasteiger partial charge in [0.15, 0.2) is 0 Å². The van der Waals surface area contributed by atoms with E-state index in [-0.39, 0.29) is 11.5 Å². The van der Waals surface area contributed by atoms with E-state index >= 15 is 0 Å². The highest BCUT2D eigenvalue weighted by Crippen LogP contribution is 2.50. The highest BCUT2D eigenvalue weighted by molar-refractivity contribution is 5.37. The fourth-order valence-electron chi connectivity index (χ4n) is 2.23. The van der Waals surface area contributed by atoms with Gasteiger partial charge in [-0.1, -0.05) is 18.7 Å². The molecule has 1 saturated carbocycles. The van der Waals surface area contributed by atoms with E-state index in [9.17, 15) is 0 Å². The minimum absolute atomic E-state index is 0.227. The van der Waals surface area contributed by atoms with Gasteiger partial charge in [0.05, 0.1) is 0 Å². The Balaban J connectivity index is 2.06. The molecule has 2 heteroatoms. The molecule has 1 aromatic rings. The van der Waals surface area contributed by atoms with E-state index in [1.165, 1.54) is 18.4 Å². The number of benzene rings is 1. The molecule has 1 fully saturated rings. The van der Waals surface area contributed by atoms with Gasteiger partial charge in [-0.25, -0.2) is 0 Å². The molecule has 0 amide bonds. The van der Waals surface area contributed by atoms with Gasteiger partial charge in [0, 0.05) is 11.5 Å². The maximum absolute atomic E-state index is 6.06. The molecule has 0 saturated heterocycles. The summed E-state index contributed by atoms with van der Waals surface area (Å²) in [5, 5.41) is 0. The second-order valence-corrected chi connectivity index (χ2v) is 5.21. The van der Waals surface area contributed by atoms with E-state index in [4.69, 9.17) is 10.5 Å². The SMILES string of the molecule is C=C(C)COc1ccc(C2(C(C)N)CC2)cc1. The van der Waals surface area contributed by atoms with Gasteiger partial charge in [-0.15, -0.1) is 0 Å². The van der Waals surface area contributed by atoms with Crippen molar-refractivity contribution in [3.63, 3.8) is 0 Å². The van der Waals surface area contributed by atoms with E-state index < -0.39 is 0 Å². The van der Waals surface area contributed by atoms with Crippen LogP contribution < -0.4 is 10.5 Å². The van der Waals surface area contributed by atoms with Gasteiger partial charge in [-0.05, 0) is 50.0 Å². The summed E-state index contributed by atoms with van der Waals surface area (Å²) in [6.45, 7) is 8.46. The molecule has 0 bridgehead atoms. The first-order valence-electron chi connectivity index (χ1n) is 6.18. The van der Waals surface area contributed by atoms with Gasteiger partial charge in [0.1, 0.15) is 12.4 Å². The summed E-state index contributed by atoms with van der Waals surface area (Å²) in [6.07, 6.45) is 2.41. The van der Waals surface area contributed by atoms with Crippen LogP contribution in [0.15, 0.2) is 36.4 Å². The quantitative estimate of drug-likeness (QED) is 0.791. The molecule has 0 aliphatic heterocycles. The van der Waals surface area contributed by atoms with E-state index in [1.54, 1.807) is 0 Å². The molecule has 0 heterocycles. The third-order valence-electron chi connectivity index (χ3n) is 3.57. The van der Waals surface area contributed by atoms with Crippen molar-refractivity contribution in [2.24, 2.45) is 5.73 Å². The monoisotopic (exact) mass is 231 g/mol. The highest BCUT2D eigenvalue weighted by atomic mass is 16.5. The third kappa shape index (κ3) is 2.52. The summed E-state index contributed by atoms with van der Waals surface area (Å²) < 4.78 is 5.59. The Morgan fingerprint density at radius 1 is 1.41 bits per heavy atom. The first kappa shape index (κ1) is 12.2. The molecular weight excluding hydrogens is 210 g/mol. The number of hydrogen-bond acceptors (Lipinski definition) is 2. The Kier molecular flexibility index (Phi) is 3.25. The largest absolute Gasteiger partial charge is 0.489 e. The summed E-state index contributed by atoms with van der Waals surface area (Å²) in [5.74, 6) is 0.900. The minimum Gasteiger partial charge on any atom is -0.489 e. The number of hydrogen-bond donors (Lipinski definition) is 1. The lowest BCUT2D eigenvalue weighted by atomic mass is 9.89. The Labute approximate surface area is 103 Å². The highest BCUT2D eigenvalue weighted by Gasteiger charge is 2.47. The van der Waals surface area contributed by atoms with Crippen LogP contribution >= 0.6 is 0 Å². The van der Waals surface area contributed by atoms with Crippen LogP contribution in [0.2, 0.25) is 0 Å². The van der Waals surface area contributed by atoms with Crippen molar-refractivity contribution in [3.05, 3.63) is 42.0 Å². The van der Waals surface area contributed by atoms with Crippen LogP contribution in [-0.4, -0.2) is 12.6 Å². The predicted octanol–water partition coefficient (Wildman–Crippen LogP) is 3.02. The molecule has 1 unspecified atom stereocenters. The molecule has 0 radical (unpaired) electrons. The predicted molar refractivity (Wildman–Crippen MR) is 71.3 cm³/mol. The normalized spacial score (nSPS) is 18.5. The average molecular weight is 231 g/mol. The molecule has 2 N–H and O–H groups in total. The Bertz CT molecular complexity index is 401. The zero-order chi connectivity index (χ0) is 12.5. The van der Waals surface area contributed by atoms with Crippen molar-refractivity contribution >= 4 is 0 Å². The smallest absolute Gasteiger partial charge is 0.119 e. The van der Waals surface area contributed by atoms with Crippen LogP contribution in [0.3, 0.4) is 0 Å². The number of rotatable bonds is 5. The van der Waals surface area contributed by atoms with Gasteiger partial charge in [0.25, 0.3) is 0 Å². The molecule has 17 heavy (non-hydrogen) atoms. The summed E-state index contributed by atoms with van der Waals surface area (Å²) in [5.41, 5.74) is 8.66. The van der Waals surface area contributed by atoms with Crippen LogP contribution in [-0.2, 0) is 5.41 Å². The summed E-state index contributed by atoms with van der Waals surface area (Å²) in [7, 11) is 0. The molecule has 0 spiro atoms. The molecular formula is C15H21NO. The standard InChI is InChI=1S/C15H21NO/c1-11(2)10-17-14-6-4-13(5-7-14)15(8-9-15)12(3)16/h4-7,12H,1,8-10,16H2,2-3H3. The fourth-order valence-corrected chi connectivity index (χ4v) is 2.23. The average Bonchev–Trinajstić information content (AvgIpc) is 3.08.